The predicted octanol–water partition coefficient (Wildman–Crippen LogP) is 2.62. The van der Waals surface area contributed by atoms with E-state index in [1.807, 2.05) is 13.8 Å². The fourth-order valence-electron chi connectivity index (χ4n) is 6.00. The number of carboxylic acids is 1. The van der Waals surface area contributed by atoms with Crippen molar-refractivity contribution in [3.8, 4) is 11.5 Å². The Kier molecular flexibility index (Phi) is 18.8. The quantitative estimate of drug-likeness (QED) is 0.0779. The molecule has 14 nitrogen and oxygen atoms in total. The van der Waals surface area contributed by atoms with E-state index in [-0.39, 0.29) is 36.7 Å². The van der Waals surface area contributed by atoms with Crippen molar-refractivity contribution in [3.05, 3.63) is 59.7 Å². The molecule has 2 aromatic rings. The molecule has 6 atom stereocenters. The van der Waals surface area contributed by atoms with Crippen LogP contribution >= 0.6 is 0 Å². The van der Waals surface area contributed by atoms with E-state index in [0.717, 1.165) is 32.1 Å². The highest BCUT2D eigenvalue weighted by molar-refractivity contribution is 5.95. The highest BCUT2D eigenvalue weighted by Gasteiger charge is 2.35. The van der Waals surface area contributed by atoms with Gasteiger partial charge in [0.1, 0.15) is 41.8 Å². The van der Waals surface area contributed by atoms with Gasteiger partial charge in [0.15, 0.2) is 0 Å². The number of benzene rings is 2. The van der Waals surface area contributed by atoms with Crippen LogP contribution in [0, 0.1) is 5.92 Å². The van der Waals surface area contributed by atoms with E-state index in [1.165, 1.54) is 55.3 Å². The van der Waals surface area contributed by atoms with Crippen LogP contribution in [0.2, 0.25) is 0 Å². The molecule has 0 aliphatic carbocycles. The van der Waals surface area contributed by atoms with Gasteiger partial charge in [-0.15, -0.1) is 0 Å². The zero-order valence-corrected chi connectivity index (χ0v) is 31.8. The van der Waals surface area contributed by atoms with Crippen LogP contribution in [-0.4, -0.2) is 105 Å². The van der Waals surface area contributed by atoms with Crippen molar-refractivity contribution in [1.82, 2.24) is 26.2 Å². The molecular formula is C39H59N5O9. The Labute approximate surface area is 312 Å². The number of carbonyl (C=O) groups excluding carboxylic acids is 4. The molecule has 294 valence electrons. The first-order valence-electron chi connectivity index (χ1n) is 18.4. The standard InChI is InChI=1S/C39H59N5O9/c1-7-8-9-10-11-12-30(40-5)34(47)37(50)41-25(4)38(51)44(6)33(21-24(2)3)36(49)42-31(22-26-13-17-28(45)18-14-26)35(48)43-32(39(52)53)23-27-15-19-29(46)20-16-27/h13-20,24-25,30-34,40,45-47H,7-12,21-23H2,1-6H3,(H,41,50)(H,42,49)(H,43,48)(H,52,53)/t25-,30?,31-,32-,33-,34-/m0/s1. The van der Waals surface area contributed by atoms with Crippen molar-refractivity contribution in [3.63, 3.8) is 0 Å². The molecule has 0 aliphatic heterocycles. The second-order valence-electron chi connectivity index (χ2n) is 14.1. The fourth-order valence-corrected chi connectivity index (χ4v) is 6.00. The molecule has 0 bridgehead atoms. The van der Waals surface area contributed by atoms with Crippen molar-refractivity contribution < 1.29 is 44.4 Å². The van der Waals surface area contributed by atoms with Crippen LogP contribution in [-0.2, 0) is 36.8 Å². The molecular weight excluding hydrogens is 682 g/mol. The van der Waals surface area contributed by atoms with Gasteiger partial charge in [-0.2, -0.15) is 0 Å². The largest absolute Gasteiger partial charge is 0.508 e. The maximum atomic E-state index is 14.0. The number of carbonyl (C=O) groups is 5. The van der Waals surface area contributed by atoms with Crippen molar-refractivity contribution in [1.29, 1.82) is 0 Å². The van der Waals surface area contributed by atoms with Crippen LogP contribution in [0.5, 0.6) is 11.5 Å². The Morgan fingerprint density at radius 3 is 1.72 bits per heavy atom. The van der Waals surface area contributed by atoms with Crippen LogP contribution in [0.3, 0.4) is 0 Å². The number of amides is 4. The summed E-state index contributed by atoms with van der Waals surface area (Å²) in [6.45, 7) is 7.32. The van der Waals surface area contributed by atoms with Gasteiger partial charge in [-0.25, -0.2) is 4.79 Å². The summed E-state index contributed by atoms with van der Waals surface area (Å²) in [4.78, 5) is 67.7. The molecule has 2 aromatic carbocycles. The number of phenols is 2. The van der Waals surface area contributed by atoms with Gasteiger partial charge in [-0.05, 0) is 68.1 Å². The first kappa shape index (κ1) is 44.5. The zero-order valence-electron chi connectivity index (χ0n) is 31.8. The second-order valence-corrected chi connectivity index (χ2v) is 14.1. The van der Waals surface area contributed by atoms with Crippen molar-refractivity contribution in [2.75, 3.05) is 14.1 Å². The first-order valence-corrected chi connectivity index (χ1v) is 18.4. The summed E-state index contributed by atoms with van der Waals surface area (Å²) in [6, 6.07) is 6.52. The van der Waals surface area contributed by atoms with Gasteiger partial charge in [0.05, 0.1) is 0 Å². The van der Waals surface area contributed by atoms with Gasteiger partial charge in [-0.1, -0.05) is 77.1 Å². The van der Waals surface area contributed by atoms with E-state index in [4.69, 9.17) is 0 Å². The van der Waals surface area contributed by atoms with Gasteiger partial charge >= 0.3 is 5.97 Å². The third kappa shape index (κ3) is 15.1. The maximum Gasteiger partial charge on any atom is 0.326 e. The van der Waals surface area contributed by atoms with E-state index >= 15 is 0 Å². The number of phenolic OH excluding ortho intramolecular Hbond substituents is 2. The third-order valence-corrected chi connectivity index (χ3v) is 9.18. The van der Waals surface area contributed by atoms with Crippen molar-refractivity contribution in [2.45, 2.75) is 122 Å². The Bertz CT molecular complexity index is 1470. The number of carboxylic acid groups (broad SMARTS) is 1. The minimum Gasteiger partial charge on any atom is -0.508 e. The number of aromatic hydroxyl groups is 2. The second kappa shape index (κ2) is 22.4. The summed E-state index contributed by atoms with van der Waals surface area (Å²) in [6.07, 6.45) is 4.33. The average molecular weight is 742 g/mol. The number of nitrogens with one attached hydrogen (secondary N) is 4. The van der Waals surface area contributed by atoms with Crippen LogP contribution in [0.4, 0.5) is 0 Å². The minimum atomic E-state index is -1.40. The monoisotopic (exact) mass is 741 g/mol. The minimum absolute atomic E-state index is 0.000956. The number of aliphatic hydroxyl groups excluding tert-OH is 1. The fraction of sp³-hybridized carbons (Fsp3) is 0.564. The summed E-state index contributed by atoms with van der Waals surface area (Å²) in [7, 11) is 3.09. The average Bonchev–Trinajstić information content (AvgIpc) is 3.12. The lowest BCUT2D eigenvalue weighted by Crippen LogP contribution is -2.59. The number of rotatable bonds is 23. The molecule has 0 aliphatic rings. The molecule has 0 saturated carbocycles. The van der Waals surface area contributed by atoms with Crippen LogP contribution < -0.4 is 21.3 Å². The zero-order chi connectivity index (χ0) is 39.7. The number of hydrogen-bond donors (Lipinski definition) is 8. The summed E-state index contributed by atoms with van der Waals surface area (Å²) in [5.74, 6) is -4.15. The molecule has 0 saturated heterocycles. The Balaban J connectivity index is 2.24. The molecule has 0 fully saturated rings. The molecule has 53 heavy (non-hydrogen) atoms. The Morgan fingerprint density at radius 2 is 1.23 bits per heavy atom. The van der Waals surface area contributed by atoms with E-state index < -0.39 is 65.9 Å². The maximum absolute atomic E-state index is 14.0. The molecule has 4 amide bonds. The molecule has 0 radical (unpaired) electrons. The summed E-state index contributed by atoms with van der Waals surface area (Å²) in [5, 5.41) is 50.9. The predicted molar refractivity (Wildman–Crippen MR) is 201 cm³/mol. The highest BCUT2D eigenvalue weighted by atomic mass is 16.4. The first-order chi connectivity index (χ1) is 25.1. The molecule has 0 heterocycles. The number of unbranched alkanes of at least 4 members (excludes halogenated alkanes) is 4. The van der Waals surface area contributed by atoms with E-state index in [1.54, 1.807) is 19.2 Å². The molecule has 2 rings (SSSR count). The SMILES string of the molecule is CCCCCCCC(NC)[C@H](O)C(=O)N[C@@H](C)C(=O)N(C)[C@@H](CC(C)C)C(=O)N[C@@H](Cc1ccc(O)cc1)C(=O)N[C@@H](Cc1ccc(O)cc1)C(=O)O. The lowest BCUT2D eigenvalue weighted by molar-refractivity contribution is -0.144. The number of nitrogens with zero attached hydrogens (tertiary/aromatic N) is 1. The topological polar surface area (TPSA) is 218 Å². The molecule has 0 spiro atoms. The van der Waals surface area contributed by atoms with Crippen LogP contribution in [0.15, 0.2) is 48.5 Å². The molecule has 8 N–H and O–H groups in total. The van der Waals surface area contributed by atoms with E-state index in [9.17, 15) is 44.4 Å². The van der Waals surface area contributed by atoms with Gasteiger partial charge in [0.25, 0.3) is 5.91 Å². The third-order valence-electron chi connectivity index (χ3n) is 9.18. The normalized spacial score (nSPS) is 14.6. The number of hydrogen-bond acceptors (Lipinski definition) is 9. The molecule has 1 unspecified atom stereocenters. The van der Waals surface area contributed by atoms with E-state index in [2.05, 4.69) is 28.2 Å². The van der Waals surface area contributed by atoms with Crippen LogP contribution in [0.25, 0.3) is 0 Å². The van der Waals surface area contributed by atoms with Crippen LogP contribution in [0.1, 0.15) is 83.8 Å². The smallest absolute Gasteiger partial charge is 0.326 e. The lowest BCUT2D eigenvalue weighted by Gasteiger charge is -2.32. The van der Waals surface area contributed by atoms with Gasteiger partial charge < -0.3 is 46.6 Å². The number of aliphatic carboxylic acids is 1. The van der Waals surface area contributed by atoms with E-state index in [0.29, 0.717) is 17.5 Å². The van der Waals surface area contributed by atoms with Gasteiger partial charge in [0.2, 0.25) is 17.7 Å². The summed E-state index contributed by atoms with van der Waals surface area (Å²) in [5.41, 5.74) is 1.11. The van der Waals surface area contributed by atoms with Crippen molar-refractivity contribution >= 4 is 29.6 Å². The summed E-state index contributed by atoms with van der Waals surface area (Å²) >= 11 is 0. The Morgan fingerprint density at radius 1 is 0.717 bits per heavy atom. The lowest BCUT2D eigenvalue weighted by atomic mass is 9.99. The summed E-state index contributed by atoms with van der Waals surface area (Å²) < 4.78 is 0. The van der Waals surface area contributed by atoms with Gasteiger partial charge in [0, 0.05) is 25.9 Å². The highest BCUT2D eigenvalue weighted by Crippen LogP contribution is 2.17. The van der Waals surface area contributed by atoms with Gasteiger partial charge in [-0.3, -0.25) is 19.2 Å². The molecule has 14 heteroatoms. The molecule has 0 aromatic heterocycles. The van der Waals surface area contributed by atoms with Crippen molar-refractivity contribution in [2.24, 2.45) is 5.92 Å². The number of likely N-dealkylation sites (N-methyl/N-ethyl adjacent to an activating group) is 2. The Hall–Kier alpha value is -4.69. The number of aliphatic hydroxyl groups is 1.